The fraction of sp³-hybridized carbons (Fsp3) is 0.353. The van der Waals surface area contributed by atoms with Crippen LogP contribution in [-0.2, 0) is 16.4 Å². The van der Waals surface area contributed by atoms with Gasteiger partial charge in [-0.2, -0.15) is 0 Å². The summed E-state index contributed by atoms with van der Waals surface area (Å²) in [6, 6.07) is 20.9. The summed E-state index contributed by atoms with van der Waals surface area (Å²) in [5.41, 5.74) is 6.36. The summed E-state index contributed by atoms with van der Waals surface area (Å²) >= 11 is 0. The molecule has 4 rings (SSSR count). The number of rotatable bonds is 8. The molecule has 4 nitrogen and oxygen atoms in total. The molecule has 0 saturated carbocycles. The number of ether oxygens (including phenoxy) is 1. The Bertz CT molecular complexity index is 1450. The second-order valence-electron chi connectivity index (χ2n) is 12.7. The summed E-state index contributed by atoms with van der Waals surface area (Å²) in [5, 5.41) is 1.08. The zero-order valence-electron chi connectivity index (χ0n) is 24.7. The van der Waals surface area contributed by atoms with Crippen LogP contribution in [0.5, 0.6) is 5.75 Å². The second kappa shape index (κ2) is 11.4. The van der Waals surface area contributed by atoms with E-state index >= 15 is 0 Å². The molecule has 0 atom stereocenters. The van der Waals surface area contributed by atoms with Gasteiger partial charge in [-0.15, -0.1) is 18.1 Å². The maximum atomic E-state index is 6.42. The topological polar surface area (TPSA) is 44.2 Å². The van der Waals surface area contributed by atoms with Crippen molar-refractivity contribution in [1.29, 1.82) is 0 Å². The highest BCUT2D eigenvalue weighted by molar-refractivity contribution is 6.74. The van der Waals surface area contributed by atoms with Gasteiger partial charge in [-0.3, -0.25) is 4.98 Å². The number of hydrogen-bond acceptors (Lipinski definition) is 4. The number of hydrogen-bond donors (Lipinski definition) is 0. The van der Waals surface area contributed by atoms with Crippen molar-refractivity contribution < 1.29 is 9.16 Å². The number of fused-ring (bicyclic) bond motifs is 1. The first-order valence-corrected chi connectivity index (χ1v) is 16.6. The second-order valence-corrected chi connectivity index (χ2v) is 17.5. The predicted octanol–water partition coefficient (Wildman–Crippen LogP) is 9.21. The predicted molar refractivity (Wildman–Crippen MR) is 167 cm³/mol. The standard InChI is InChI=1S/C34H42N2O2Si/c1-33(2,3)27-16-17-28(26(21-27)15-12-20-38-39(7,8)34(4,5)6)31-22-32(29-23-35-19-18-30(29)36-31)37-24-25-13-10-9-11-14-25/h9-19,21-23H,20,24H2,1-8H3/q-1/b15-12+. The molecule has 0 spiro atoms. The maximum Gasteiger partial charge on any atom is 0.132 e. The van der Waals surface area contributed by atoms with E-state index in [1.165, 1.54) is 5.56 Å². The molecular weight excluding hydrogens is 496 g/mol. The van der Waals surface area contributed by atoms with Gasteiger partial charge in [0.25, 0.3) is 0 Å². The Labute approximate surface area is 235 Å². The molecule has 205 valence electrons. The molecule has 0 N–H and O–H groups in total. The van der Waals surface area contributed by atoms with E-state index in [1.54, 1.807) is 6.20 Å². The van der Waals surface area contributed by atoms with Crippen LogP contribution in [0.1, 0.15) is 58.2 Å². The highest BCUT2D eigenvalue weighted by Crippen LogP contribution is 2.37. The monoisotopic (exact) mass is 538 g/mol. The van der Waals surface area contributed by atoms with E-state index in [0.29, 0.717) is 13.2 Å². The van der Waals surface area contributed by atoms with Gasteiger partial charge < -0.3 is 9.16 Å². The van der Waals surface area contributed by atoms with Crippen LogP contribution in [0.3, 0.4) is 0 Å². The van der Waals surface area contributed by atoms with Crippen LogP contribution in [0.25, 0.3) is 28.2 Å². The van der Waals surface area contributed by atoms with E-state index in [4.69, 9.17) is 14.1 Å². The van der Waals surface area contributed by atoms with Crippen LogP contribution < -0.4 is 4.74 Å². The molecule has 0 aliphatic carbocycles. The molecule has 0 radical (unpaired) electrons. The number of benzene rings is 2. The minimum atomic E-state index is -1.82. The van der Waals surface area contributed by atoms with Crippen molar-refractivity contribution in [2.45, 2.75) is 71.7 Å². The van der Waals surface area contributed by atoms with Crippen LogP contribution in [0.2, 0.25) is 18.1 Å². The molecule has 0 aliphatic heterocycles. The fourth-order valence-electron chi connectivity index (χ4n) is 4.08. The quantitative estimate of drug-likeness (QED) is 0.210. The first kappa shape index (κ1) is 28.7. The summed E-state index contributed by atoms with van der Waals surface area (Å²) in [7, 11) is -1.82. The molecule has 0 saturated heterocycles. The van der Waals surface area contributed by atoms with Crippen molar-refractivity contribution in [3.05, 3.63) is 95.8 Å². The van der Waals surface area contributed by atoms with Gasteiger partial charge in [-0.05, 0) is 36.5 Å². The summed E-state index contributed by atoms with van der Waals surface area (Å²) < 4.78 is 12.8. The Kier molecular flexibility index (Phi) is 8.43. The van der Waals surface area contributed by atoms with Gasteiger partial charge in [0.2, 0.25) is 0 Å². The number of pyridine rings is 2. The molecule has 0 aliphatic rings. The maximum absolute atomic E-state index is 6.42. The van der Waals surface area contributed by atoms with Gasteiger partial charge in [0.1, 0.15) is 12.4 Å². The van der Waals surface area contributed by atoms with Gasteiger partial charge in [-0.1, -0.05) is 102 Å². The third kappa shape index (κ3) is 7.03. The van der Waals surface area contributed by atoms with E-state index in [9.17, 15) is 0 Å². The van der Waals surface area contributed by atoms with Crippen molar-refractivity contribution in [2.24, 2.45) is 0 Å². The Hall–Kier alpha value is -3.28. The van der Waals surface area contributed by atoms with Gasteiger partial charge in [0.15, 0.2) is 0 Å². The third-order valence-electron chi connectivity index (χ3n) is 7.65. The van der Waals surface area contributed by atoms with E-state index in [2.05, 4.69) is 102 Å². The largest absolute Gasteiger partial charge is 0.562 e. The molecule has 0 fully saturated rings. The SMILES string of the molecule is CC(C)(C)c1ccc(-c2cc(OCc3ccccc3)c3cnccc3n2)c(/C=C/CO[Si-](C)(C)C(C)(C)C)c1. The van der Waals surface area contributed by atoms with Crippen LogP contribution in [-0.4, -0.2) is 24.9 Å². The van der Waals surface area contributed by atoms with Gasteiger partial charge >= 0.3 is 0 Å². The van der Waals surface area contributed by atoms with Gasteiger partial charge in [0, 0.05) is 30.6 Å². The number of nitrogens with zero attached hydrogens (tertiary/aromatic N) is 2. The third-order valence-corrected chi connectivity index (χ3v) is 12.1. The zero-order chi connectivity index (χ0) is 28.3. The minimum absolute atomic E-state index is 0.0329. The van der Waals surface area contributed by atoms with Crippen molar-refractivity contribution in [3.8, 4) is 17.0 Å². The van der Waals surface area contributed by atoms with Gasteiger partial charge in [0.05, 0.1) is 16.6 Å². The average molecular weight is 539 g/mol. The van der Waals surface area contributed by atoms with Crippen molar-refractivity contribution in [2.75, 3.05) is 6.61 Å². The lowest BCUT2D eigenvalue weighted by Crippen LogP contribution is -2.40. The van der Waals surface area contributed by atoms with Crippen molar-refractivity contribution in [3.63, 3.8) is 0 Å². The smallest absolute Gasteiger partial charge is 0.132 e. The normalized spacial score (nSPS) is 12.8. The first-order valence-electron chi connectivity index (χ1n) is 13.7. The molecule has 0 unspecified atom stereocenters. The molecule has 0 amide bonds. The van der Waals surface area contributed by atoms with Gasteiger partial charge in [-0.25, -0.2) is 4.98 Å². The molecule has 2 aromatic heterocycles. The van der Waals surface area contributed by atoms with Crippen LogP contribution in [0, 0.1) is 0 Å². The molecule has 4 aromatic rings. The van der Waals surface area contributed by atoms with E-state index in [1.807, 2.05) is 36.5 Å². The molecular formula is C34H42N2O2Si-. The lowest BCUT2D eigenvalue weighted by atomic mass is 9.84. The highest BCUT2D eigenvalue weighted by atomic mass is 28.4. The molecule has 0 bridgehead atoms. The summed E-state index contributed by atoms with van der Waals surface area (Å²) in [6.07, 6.45) is 7.93. The zero-order valence-corrected chi connectivity index (χ0v) is 25.7. The van der Waals surface area contributed by atoms with E-state index in [0.717, 1.165) is 39.0 Å². The molecule has 5 heteroatoms. The first-order chi connectivity index (χ1) is 18.3. The minimum Gasteiger partial charge on any atom is -0.562 e. The Morgan fingerprint density at radius 2 is 1.64 bits per heavy atom. The Morgan fingerprint density at radius 1 is 0.897 bits per heavy atom. The van der Waals surface area contributed by atoms with Crippen molar-refractivity contribution in [1.82, 2.24) is 9.97 Å². The number of aromatic nitrogens is 2. The molecule has 2 heterocycles. The Morgan fingerprint density at radius 3 is 2.33 bits per heavy atom. The molecule has 39 heavy (non-hydrogen) atoms. The fourth-order valence-corrected chi connectivity index (χ4v) is 5.03. The van der Waals surface area contributed by atoms with E-state index < -0.39 is 8.32 Å². The lowest BCUT2D eigenvalue weighted by molar-refractivity contribution is 0.310. The lowest BCUT2D eigenvalue weighted by Gasteiger charge is -2.48. The summed E-state index contributed by atoms with van der Waals surface area (Å²) in [4.78, 5) is 9.37. The summed E-state index contributed by atoms with van der Waals surface area (Å²) in [5.74, 6) is 0.781. The van der Waals surface area contributed by atoms with Crippen LogP contribution >= 0.6 is 0 Å². The van der Waals surface area contributed by atoms with Crippen LogP contribution in [0.4, 0.5) is 0 Å². The highest BCUT2D eigenvalue weighted by Gasteiger charge is 2.24. The summed E-state index contributed by atoms with van der Waals surface area (Å²) in [6.45, 7) is 19.2. The molecule has 2 aromatic carbocycles. The average Bonchev–Trinajstić information content (AvgIpc) is 2.89. The van der Waals surface area contributed by atoms with Crippen LogP contribution in [0.15, 0.2) is 79.1 Å². The van der Waals surface area contributed by atoms with E-state index in [-0.39, 0.29) is 10.5 Å². The van der Waals surface area contributed by atoms with Crippen molar-refractivity contribution >= 4 is 25.3 Å². The Balaban J connectivity index is 1.72.